The van der Waals surface area contributed by atoms with Gasteiger partial charge in [0.25, 0.3) is 0 Å². The van der Waals surface area contributed by atoms with Crippen LogP contribution in [0.1, 0.15) is 39.3 Å². The number of rotatable bonds is 7. The van der Waals surface area contributed by atoms with Crippen LogP contribution in [0.3, 0.4) is 0 Å². The van der Waals surface area contributed by atoms with Crippen LogP contribution in [0.5, 0.6) is 0 Å². The summed E-state index contributed by atoms with van der Waals surface area (Å²) in [5.74, 6) is 0. The molecule has 1 aromatic heterocycles. The predicted octanol–water partition coefficient (Wildman–Crippen LogP) is 1.69. The highest BCUT2D eigenvalue weighted by atomic mass is 32.2. The number of H-pyrrole nitrogens is 1. The Kier molecular flexibility index (Phi) is 4.32. The van der Waals surface area contributed by atoms with Gasteiger partial charge in [-0.2, -0.15) is 4.31 Å². The summed E-state index contributed by atoms with van der Waals surface area (Å²) in [6.07, 6.45) is 3.57. The van der Waals surface area contributed by atoms with E-state index in [-0.39, 0.29) is 6.04 Å². The Labute approximate surface area is 115 Å². The molecule has 2 N–H and O–H groups in total. The third kappa shape index (κ3) is 3.38. The maximum atomic E-state index is 12.5. The Hall–Kier alpha value is -0.850. The predicted molar refractivity (Wildman–Crippen MR) is 75.4 cm³/mol. The highest BCUT2D eigenvalue weighted by Gasteiger charge is 2.37. The molecule has 0 radical (unpaired) electrons. The van der Waals surface area contributed by atoms with Crippen LogP contribution < -0.4 is 5.32 Å². The lowest BCUT2D eigenvalue weighted by molar-refractivity contribution is 0.421. The summed E-state index contributed by atoms with van der Waals surface area (Å²) in [5, 5.41) is 3.27. The van der Waals surface area contributed by atoms with E-state index in [0.717, 1.165) is 18.5 Å². The molecule has 0 amide bonds. The van der Waals surface area contributed by atoms with Crippen molar-refractivity contribution in [2.45, 2.75) is 57.1 Å². The van der Waals surface area contributed by atoms with E-state index >= 15 is 0 Å². The number of sulfonamides is 1. The molecule has 1 aliphatic rings. The van der Waals surface area contributed by atoms with Crippen molar-refractivity contribution in [2.75, 3.05) is 6.54 Å². The van der Waals surface area contributed by atoms with Crippen LogP contribution in [0.15, 0.2) is 17.2 Å². The summed E-state index contributed by atoms with van der Waals surface area (Å²) in [7, 11) is -3.33. The van der Waals surface area contributed by atoms with Crippen LogP contribution in [0.4, 0.5) is 0 Å². The van der Waals surface area contributed by atoms with E-state index in [2.05, 4.69) is 24.1 Å². The van der Waals surface area contributed by atoms with Gasteiger partial charge in [0.2, 0.25) is 10.0 Å². The minimum absolute atomic E-state index is 0.210. The average molecular weight is 285 g/mol. The van der Waals surface area contributed by atoms with Gasteiger partial charge in [-0.15, -0.1) is 0 Å². The molecule has 0 atom stereocenters. The van der Waals surface area contributed by atoms with Gasteiger partial charge in [0.05, 0.1) is 4.90 Å². The van der Waals surface area contributed by atoms with Crippen LogP contribution in [0.25, 0.3) is 0 Å². The maximum absolute atomic E-state index is 12.5. The maximum Gasteiger partial charge on any atom is 0.244 e. The number of hydrogen-bond acceptors (Lipinski definition) is 3. The minimum Gasteiger partial charge on any atom is -0.363 e. The highest BCUT2D eigenvalue weighted by molar-refractivity contribution is 7.89. The number of aromatic nitrogens is 1. The van der Waals surface area contributed by atoms with Crippen LogP contribution >= 0.6 is 0 Å². The third-order valence-corrected chi connectivity index (χ3v) is 5.29. The third-order valence-electron chi connectivity index (χ3n) is 3.29. The van der Waals surface area contributed by atoms with Crippen LogP contribution in [-0.2, 0) is 16.6 Å². The zero-order valence-corrected chi connectivity index (χ0v) is 12.6. The highest BCUT2D eigenvalue weighted by Crippen LogP contribution is 2.31. The molecular weight excluding hydrogens is 262 g/mol. The normalized spacial score (nSPS) is 16.5. The van der Waals surface area contributed by atoms with Gasteiger partial charge in [-0.05, 0) is 18.9 Å². The van der Waals surface area contributed by atoms with Crippen molar-refractivity contribution < 1.29 is 8.42 Å². The molecule has 2 rings (SSSR count). The molecule has 108 valence electrons. The average Bonchev–Trinajstić information content (AvgIpc) is 3.04. The zero-order chi connectivity index (χ0) is 14.0. The minimum atomic E-state index is -3.33. The van der Waals surface area contributed by atoms with Crippen molar-refractivity contribution in [1.29, 1.82) is 0 Å². The first-order valence-corrected chi connectivity index (χ1v) is 8.31. The molecule has 6 heteroatoms. The largest absolute Gasteiger partial charge is 0.363 e. The number of nitrogens with zero attached hydrogens (tertiary/aromatic N) is 1. The molecule has 0 saturated heterocycles. The molecule has 5 nitrogen and oxygen atoms in total. The number of hydrogen-bond donors (Lipinski definition) is 2. The Bertz CT molecular complexity index is 518. The van der Waals surface area contributed by atoms with Crippen molar-refractivity contribution in [2.24, 2.45) is 0 Å². The molecule has 0 aliphatic heterocycles. The van der Waals surface area contributed by atoms with Crippen molar-refractivity contribution in [3.63, 3.8) is 0 Å². The summed E-state index contributed by atoms with van der Waals surface area (Å²) >= 11 is 0. The van der Waals surface area contributed by atoms with Crippen molar-refractivity contribution in [3.05, 3.63) is 18.0 Å². The van der Waals surface area contributed by atoms with Gasteiger partial charge >= 0.3 is 0 Å². The fourth-order valence-corrected chi connectivity index (χ4v) is 3.82. The lowest BCUT2D eigenvalue weighted by atomic mass is 10.3. The fourth-order valence-electron chi connectivity index (χ4n) is 2.11. The molecule has 1 heterocycles. The van der Waals surface area contributed by atoms with Gasteiger partial charge < -0.3 is 10.3 Å². The molecular formula is C13H23N3O2S. The first kappa shape index (κ1) is 14.6. The number of nitrogens with one attached hydrogen (secondary N) is 2. The Morgan fingerprint density at radius 3 is 2.68 bits per heavy atom. The number of aromatic amines is 1. The van der Waals surface area contributed by atoms with E-state index in [1.165, 1.54) is 0 Å². The summed E-state index contributed by atoms with van der Waals surface area (Å²) in [6.45, 7) is 7.21. The van der Waals surface area contributed by atoms with Gasteiger partial charge in [-0.1, -0.05) is 20.8 Å². The van der Waals surface area contributed by atoms with E-state index in [4.69, 9.17) is 0 Å². The molecule has 19 heavy (non-hydrogen) atoms. The smallest absolute Gasteiger partial charge is 0.244 e. The standard InChI is InChI=1S/C13H23N3O2S/c1-4-16(12-5-6-12)19(17,18)13-7-11(15-9-13)8-14-10(2)3/h7,9-10,12,14-15H,4-6,8H2,1-3H3. The van der Waals surface area contributed by atoms with E-state index in [1.807, 2.05) is 6.92 Å². The van der Waals surface area contributed by atoms with Gasteiger partial charge in [0.1, 0.15) is 0 Å². The molecule has 1 saturated carbocycles. The van der Waals surface area contributed by atoms with Crippen LogP contribution in [0, 0.1) is 0 Å². The SMILES string of the molecule is CCN(C1CC1)S(=O)(=O)c1c[nH]c(CNC(C)C)c1. The van der Waals surface area contributed by atoms with Crippen LogP contribution in [0.2, 0.25) is 0 Å². The topological polar surface area (TPSA) is 65.2 Å². The second kappa shape index (κ2) is 5.64. The summed E-state index contributed by atoms with van der Waals surface area (Å²) < 4.78 is 26.6. The van der Waals surface area contributed by atoms with Gasteiger partial charge in [0.15, 0.2) is 0 Å². The molecule has 0 aromatic carbocycles. The van der Waals surface area contributed by atoms with Gasteiger partial charge in [0, 0.05) is 37.1 Å². The van der Waals surface area contributed by atoms with Crippen LogP contribution in [-0.4, -0.2) is 36.3 Å². The van der Waals surface area contributed by atoms with Gasteiger partial charge in [-0.3, -0.25) is 0 Å². The van der Waals surface area contributed by atoms with E-state index < -0.39 is 10.0 Å². The lowest BCUT2D eigenvalue weighted by Crippen LogP contribution is -2.32. The van der Waals surface area contributed by atoms with Crippen molar-refractivity contribution >= 4 is 10.0 Å². The summed E-state index contributed by atoms with van der Waals surface area (Å²) in [5.41, 5.74) is 0.902. The fraction of sp³-hybridized carbons (Fsp3) is 0.692. The second-order valence-corrected chi connectivity index (χ2v) is 7.23. The molecule has 1 fully saturated rings. The molecule has 1 aliphatic carbocycles. The first-order valence-electron chi connectivity index (χ1n) is 6.87. The molecule has 0 spiro atoms. The van der Waals surface area contributed by atoms with Crippen molar-refractivity contribution in [3.8, 4) is 0 Å². The zero-order valence-electron chi connectivity index (χ0n) is 11.8. The Morgan fingerprint density at radius 2 is 2.16 bits per heavy atom. The first-order chi connectivity index (χ1) is 8.95. The Morgan fingerprint density at radius 1 is 1.47 bits per heavy atom. The molecule has 0 bridgehead atoms. The van der Waals surface area contributed by atoms with E-state index in [0.29, 0.717) is 24.0 Å². The monoisotopic (exact) mass is 285 g/mol. The molecule has 1 aromatic rings. The van der Waals surface area contributed by atoms with E-state index in [9.17, 15) is 8.42 Å². The van der Waals surface area contributed by atoms with E-state index in [1.54, 1.807) is 16.6 Å². The lowest BCUT2D eigenvalue weighted by Gasteiger charge is -2.18. The van der Waals surface area contributed by atoms with Crippen molar-refractivity contribution in [1.82, 2.24) is 14.6 Å². The summed E-state index contributed by atoms with van der Waals surface area (Å²) in [6, 6.07) is 2.32. The summed E-state index contributed by atoms with van der Waals surface area (Å²) in [4.78, 5) is 3.41. The van der Waals surface area contributed by atoms with Gasteiger partial charge in [-0.25, -0.2) is 8.42 Å². The molecule has 0 unspecified atom stereocenters. The quantitative estimate of drug-likeness (QED) is 0.801. The Balaban J connectivity index is 2.12. The second-order valence-electron chi connectivity index (χ2n) is 5.34.